The average molecular weight is 226 g/mol. The summed E-state index contributed by atoms with van der Waals surface area (Å²) < 4.78 is 30.2. The Morgan fingerprint density at radius 2 is 2.31 bits per heavy atom. The number of fused-ring (bicyclic) bond motifs is 1. The van der Waals surface area contributed by atoms with Crippen LogP contribution in [0.3, 0.4) is 0 Å². The summed E-state index contributed by atoms with van der Waals surface area (Å²) in [5, 5.41) is 0. The number of hydrogen-bond acceptors (Lipinski definition) is 3. The van der Waals surface area contributed by atoms with Crippen LogP contribution in [0.25, 0.3) is 5.65 Å². The summed E-state index contributed by atoms with van der Waals surface area (Å²) in [5.41, 5.74) is 0.616. The van der Waals surface area contributed by atoms with Crippen LogP contribution in [0.5, 0.6) is 5.88 Å². The molecule has 2 aromatic rings. The smallest absolute Gasteiger partial charge is 0.272 e. The molecule has 84 valence electrons. The molecule has 0 amide bonds. The third kappa shape index (κ3) is 1.86. The lowest BCUT2D eigenvalue weighted by Gasteiger charge is -2.01. The number of carbonyl (C=O) groups is 1. The molecule has 6 heteroatoms. The number of pyridine rings is 1. The fourth-order valence-electron chi connectivity index (χ4n) is 1.35. The second kappa shape index (κ2) is 4.26. The second-order valence-electron chi connectivity index (χ2n) is 3.05. The zero-order valence-corrected chi connectivity index (χ0v) is 8.14. The first-order chi connectivity index (χ1) is 7.72. The molecule has 0 unspecified atom stereocenters. The lowest BCUT2D eigenvalue weighted by molar-refractivity contribution is 0.0788. The highest BCUT2D eigenvalue weighted by molar-refractivity contribution is 5.78. The van der Waals surface area contributed by atoms with Crippen molar-refractivity contribution in [3.8, 4) is 5.88 Å². The van der Waals surface area contributed by atoms with Crippen LogP contribution in [-0.2, 0) is 0 Å². The van der Waals surface area contributed by atoms with Crippen LogP contribution in [0.1, 0.15) is 10.5 Å². The molecule has 4 nitrogen and oxygen atoms in total. The second-order valence-corrected chi connectivity index (χ2v) is 3.05. The largest absolute Gasteiger partial charge is 0.470 e. The van der Waals surface area contributed by atoms with E-state index in [9.17, 15) is 13.6 Å². The van der Waals surface area contributed by atoms with E-state index in [2.05, 4.69) is 4.98 Å². The van der Waals surface area contributed by atoms with Crippen LogP contribution in [0.15, 0.2) is 24.4 Å². The topological polar surface area (TPSA) is 43.6 Å². The van der Waals surface area contributed by atoms with Gasteiger partial charge in [-0.05, 0) is 12.1 Å². The summed E-state index contributed by atoms with van der Waals surface area (Å²) in [5.74, 6) is -0.0681. The van der Waals surface area contributed by atoms with Gasteiger partial charge in [0, 0.05) is 6.20 Å². The Morgan fingerprint density at radius 1 is 1.50 bits per heavy atom. The standard InChI is InChI=1S/C10H8F2N2O2/c11-8(12)6-16-10-7(5-15)14-4-2-1-3-9(14)13-10/h1-5,8H,6H2. The van der Waals surface area contributed by atoms with Gasteiger partial charge in [0.2, 0.25) is 5.88 Å². The molecule has 2 aromatic heterocycles. The molecular formula is C10H8F2N2O2. The highest BCUT2D eigenvalue weighted by Crippen LogP contribution is 2.18. The predicted molar refractivity (Wildman–Crippen MR) is 52.1 cm³/mol. The van der Waals surface area contributed by atoms with Crippen molar-refractivity contribution in [2.75, 3.05) is 6.61 Å². The Balaban J connectivity index is 2.40. The molecule has 0 fully saturated rings. The van der Waals surface area contributed by atoms with Crippen LogP contribution >= 0.6 is 0 Å². The van der Waals surface area contributed by atoms with Crippen molar-refractivity contribution < 1.29 is 18.3 Å². The lowest BCUT2D eigenvalue weighted by Crippen LogP contribution is -2.08. The molecule has 0 aliphatic rings. The van der Waals surface area contributed by atoms with E-state index < -0.39 is 13.0 Å². The van der Waals surface area contributed by atoms with E-state index >= 15 is 0 Å². The monoisotopic (exact) mass is 226 g/mol. The molecule has 0 saturated carbocycles. The molecule has 16 heavy (non-hydrogen) atoms. The molecule has 0 aromatic carbocycles. The van der Waals surface area contributed by atoms with Gasteiger partial charge < -0.3 is 4.74 Å². The molecule has 0 atom stereocenters. The van der Waals surface area contributed by atoms with Crippen LogP contribution < -0.4 is 4.74 Å². The number of hydrogen-bond donors (Lipinski definition) is 0. The van der Waals surface area contributed by atoms with Gasteiger partial charge >= 0.3 is 0 Å². The Labute approximate surface area is 89.5 Å². The van der Waals surface area contributed by atoms with Crippen LogP contribution in [0, 0.1) is 0 Å². The number of carbonyl (C=O) groups excluding carboxylic acids is 1. The van der Waals surface area contributed by atoms with Crippen molar-refractivity contribution in [1.29, 1.82) is 0 Å². The summed E-state index contributed by atoms with van der Waals surface area (Å²) in [7, 11) is 0. The van der Waals surface area contributed by atoms with Gasteiger partial charge in [-0.1, -0.05) is 6.07 Å². The maximum absolute atomic E-state index is 12.0. The summed E-state index contributed by atoms with van der Waals surface area (Å²) >= 11 is 0. The first kappa shape index (κ1) is 10.5. The van der Waals surface area contributed by atoms with Crippen molar-refractivity contribution in [1.82, 2.24) is 9.38 Å². The van der Waals surface area contributed by atoms with Gasteiger partial charge in [-0.2, -0.15) is 4.98 Å². The SMILES string of the molecule is O=Cc1c(OCC(F)F)nc2ccccn12. The van der Waals surface area contributed by atoms with Crippen molar-refractivity contribution >= 4 is 11.9 Å². The van der Waals surface area contributed by atoms with Crippen molar-refractivity contribution in [2.24, 2.45) is 0 Å². The first-order valence-corrected chi connectivity index (χ1v) is 4.55. The van der Waals surface area contributed by atoms with Gasteiger partial charge in [0.15, 0.2) is 12.9 Å². The van der Waals surface area contributed by atoms with Crippen molar-refractivity contribution in [3.63, 3.8) is 0 Å². The van der Waals surface area contributed by atoms with Gasteiger partial charge in [-0.15, -0.1) is 0 Å². The van der Waals surface area contributed by atoms with E-state index in [4.69, 9.17) is 4.74 Å². The van der Waals surface area contributed by atoms with Gasteiger partial charge in [0.05, 0.1) is 0 Å². The van der Waals surface area contributed by atoms with Crippen LogP contribution in [0.4, 0.5) is 8.78 Å². The van der Waals surface area contributed by atoms with E-state index in [1.165, 1.54) is 4.40 Å². The molecule has 0 bridgehead atoms. The van der Waals surface area contributed by atoms with Gasteiger partial charge in [0.25, 0.3) is 6.43 Å². The summed E-state index contributed by atoms with van der Waals surface area (Å²) in [6, 6.07) is 5.09. The zero-order valence-electron chi connectivity index (χ0n) is 8.14. The first-order valence-electron chi connectivity index (χ1n) is 4.55. The molecule has 0 radical (unpaired) electrons. The number of halogens is 2. The molecule has 0 aliphatic heterocycles. The quantitative estimate of drug-likeness (QED) is 0.746. The predicted octanol–water partition coefficient (Wildman–Crippen LogP) is 1.79. The third-order valence-electron chi connectivity index (χ3n) is 1.99. The van der Waals surface area contributed by atoms with Crippen molar-refractivity contribution in [3.05, 3.63) is 30.1 Å². The normalized spacial score (nSPS) is 10.9. The Kier molecular flexibility index (Phi) is 2.80. The van der Waals surface area contributed by atoms with Crippen LogP contribution in [-0.4, -0.2) is 28.7 Å². The fraction of sp³-hybridized carbons (Fsp3) is 0.200. The number of aldehydes is 1. The van der Waals surface area contributed by atoms with E-state index in [0.717, 1.165) is 0 Å². The summed E-state index contributed by atoms with van der Waals surface area (Å²) in [4.78, 5) is 14.8. The number of nitrogens with zero attached hydrogens (tertiary/aromatic N) is 2. The van der Waals surface area contributed by atoms with Crippen LogP contribution in [0.2, 0.25) is 0 Å². The van der Waals surface area contributed by atoms with E-state index in [-0.39, 0.29) is 11.6 Å². The third-order valence-corrected chi connectivity index (χ3v) is 1.99. The number of alkyl halides is 2. The maximum atomic E-state index is 12.0. The minimum atomic E-state index is -2.59. The Hall–Kier alpha value is -1.98. The summed E-state index contributed by atoms with van der Waals surface area (Å²) in [6.45, 7) is -0.773. The Morgan fingerprint density at radius 3 is 3.00 bits per heavy atom. The Bertz CT molecular complexity index is 510. The molecule has 0 aliphatic carbocycles. The summed E-state index contributed by atoms with van der Waals surface area (Å²) in [6.07, 6.45) is -0.452. The highest BCUT2D eigenvalue weighted by Gasteiger charge is 2.14. The molecule has 2 heterocycles. The molecule has 2 rings (SSSR count). The van der Waals surface area contributed by atoms with E-state index in [0.29, 0.717) is 11.9 Å². The fourth-order valence-corrected chi connectivity index (χ4v) is 1.35. The lowest BCUT2D eigenvalue weighted by atomic mass is 10.4. The number of rotatable bonds is 4. The molecule has 0 saturated heterocycles. The van der Waals surface area contributed by atoms with Gasteiger partial charge in [0.1, 0.15) is 11.3 Å². The van der Waals surface area contributed by atoms with Gasteiger partial charge in [-0.3, -0.25) is 9.20 Å². The van der Waals surface area contributed by atoms with E-state index in [1.807, 2.05) is 0 Å². The number of ether oxygens (including phenoxy) is 1. The molecular weight excluding hydrogens is 218 g/mol. The van der Waals surface area contributed by atoms with Gasteiger partial charge in [-0.25, -0.2) is 8.78 Å². The number of aromatic nitrogens is 2. The average Bonchev–Trinajstić information content (AvgIpc) is 2.63. The minimum Gasteiger partial charge on any atom is -0.470 e. The molecule has 0 N–H and O–H groups in total. The highest BCUT2D eigenvalue weighted by atomic mass is 19.3. The maximum Gasteiger partial charge on any atom is 0.272 e. The molecule has 0 spiro atoms. The number of imidazole rings is 1. The zero-order chi connectivity index (χ0) is 11.5. The minimum absolute atomic E-state index is 0.0681. The van der Waals surface area contributed by atoms with E-state index in [1.54, 1.807) is 24.4 Å². The van der Waals surface area contributed by atoms with Crippen molar-refractivity contribution in [2.45, 2.75) is 6.43 Å².